The average molecular weight is 339 g/mol. The van der Waals surface area contributed by atoms with Crippen LogP contribution in [0.5, 0.6) is 0 Å². The summed E-state index contributed by atoms with van der Waals surface area (Å²) in [5.74, 6) is 0. The van der Waals surface area contributed by atoms with E-state index in [0.29, 0.717) is 6.54 Å². The second kappa shape index (κ2) is 8.15. The first-order valence-corrected chi connectivity index (χ1v) is 10.3. The average Bonchev–Trinajstić information content (AvgIpc) is 2.97. The summed E-state index contributed by atoms with van der Waals surface area (Å²) < 4.78 is 25.9. The highest BCUT2D eigenvalue weighted by Gasteiger charge is 2.15. The first-order valence-electron chi connectivity index (χ1n) is 8.75. The summed E-state index contributed by atoms with van der Waals surface area (Å²) in [7, 11) is -3.11. The van der Waals surface area contributed by atoms with Crippen LogP contribution in [0.3, 0.4) is 0 Å². The molecule has 0 fully saturated rings. The minimum Gasteiger partial charge on any atom is -0.385 e. The molecule has 130 valence electrons. The monoisotopic (exact) mass is 338 g/mol. The molecule has 0 aliphatic heterocycles. The van der Waals surface area contributed by atoms with Gasteiger partial charge < -0.3 is 5.32 Å². The molecule has 1 aromatic carbocycles. The Kier molecular flexibility index (Phi) is 6.48. The van der Waals surface area contributed by atoms with E-state index in [1.807, 2.05) is 0 Å². The maximum Gasteiger partial charge on any atom is 0.213 e. The summed E-state index contributed by atoms with van der Waals surface area (Å²) in [5.41, 5.74) is 5.72. The zero-order chi connectivity index (χ0) is 16.9. The standard InChI is InChI=1S/C18H30N2O2S/c1-14(2)23(21,22)20-13-6-4-5-12-19-18-11-10-16-8-7-9-17(16)15(18)3/h10-11,14,19-20H,4-9,12-13H2,1-3H3. The number of hydrogen-bond donors (Lipinski definition) is 2. The van der Waals surface area contributed by atoms with Gasteiger partial charge in [0.15, 0.2) is 0 Å². The predicted molar refractivity (Wildman–Crippen MR) is 97.6 cm³/mol. The second-order valence-corrected chi connectivity index (χ2v) is 9.03. The normalized spacial score (nSPS) is 14.3. The summed E-state index contributed by atoms with van der Waals surface area (Å²) in [6.45, 7) is 7.10. The van der Waals surface area contributed by atoms with Crippen molar-refractivity contribution in [3.63, 3.8) is 0 Å². The van der Waals surface area contributed by atoms with E-state index in [4.69, 9.17) is 0 Å². The molecule has 0 saturated heterocycles. The van der Waals surface area contributed by atoms with E-state index in [9.17, 15) is 8.42 Å². The zero-order valence-electron chi connectivity index (χ0n) is 14.6. The molecular weight excluding hydrogens is 308 g/mol. The van der Waals surface area contributed by atoms with E-state index in [2.05, 4.69) is 29.1 Å². The number of benzene rings is 1. The summed E-state index contributed by atoms with van der Waals surface area (Å²) in [6, 6.07) is 4.47. The smallest absolute Gasteiger partial charge is 0.213 e. The van der Waals surface area contributed by atoms with Crippen LogP contribution in [0.15, 0.2) is 12.1 Å². The highest BCUT2D eigenvalue weighted by molar-refractivity contribution is 7.90. The third-order valence-electron chi connectivity index (χ3n) is 4.66. The summed E-state index contributed by atoms with van der Waals surface area (Å²) in [5, 5.41) is 3.17. The molecule has 1 aliphatic rings. The number of nitrogens with one attached hydrogen (secondary N) is 2. The van der Waals surface area contributed by atoms with Gasteiger partial charge in [0.25, 0.3) is 0 Å². The van der Waals surface area contributed by atoms with Crippen LogP contribution < -0.4 is 10.0 Å². The third-order valence-corrected chi connectivity index (χ3v) is 6.51. The number of sulfonamides is 1. The van der Waals surface area contributed by atoms with E-state index in [-0.39, 0.29) is 5.25 Å². The highest BCUT2D eigenvalue weighted by Crippen LogP contribution is 2.29. The number of anilines is 1. The van der Waals surface area contributed by atoms with Crippen LogP contribution in [-0.4, -0.2) is 26.8 Å². The molecule has 0 unspecified atom stereocenters. The van der Waals surface area contributed by atoms with Gasteiger partial charge in [-0.1, -0.05) is 12.5 Å². The SMILES string of the molecule is Cc1c(NCCCCCNS(=O)(=O)C(C)C)ccc2c1CCC2. The fraction of sp³-hybridized carbons (Fsp3) is 0.667. The van der Waals surface area contributed by atoms with E-state index < -0.39 is 10.0 Å². The van der Waals surface area contributed by atoms with Gasteiger partial charge in [0.2, 0.25) is 10.0 Å². The number of hydrogen-bond acceptors (Lipinski definition) is 3. The molecule has 0 aromatic heterocycles. The third kappa shape index (κ3) is 4.95. The Hall–Kier alpha value is -1.07. The van der Waals surface area contributed by atoms with Crippen molar-refractivity contribution < 1.29 is 8.42 Å². The molecule has 5 heteroatoms. The molecule has 0 atom stereocenters. The van der Waals surface area contributed by atoms with E-state index >= 15 is 0 Å². The van der Waals surface area contributed by atoms with Gasteiger partial charge >= 0.3 is 0 Å². The van der Waals surface area contributed by atoms with Crippen molar-refractivity contribution in [2.75, 3.05) is 18.4 Å². The lowest BCUT2D eigenvalue weighted by molar-refractivity contribution is 0.566. The molecule has 0 bridgehead atoms. The molecule has 2 rings (SSSR count). The van der Waals surface area contributed by atoms with Crippen molar-refractivity contribution in [2.24, 2.45) is 0 Å². The molecule has 0 radical (unpaired) electrons. The van der Waals surface area contributed by atoms with Crippen molar-refractivity contribution in [3.05, 3.63) is 28.8 Å². The van der Waals surface area contributed by atoms with Gasteiger partial charge in [-0.3, -0.25) is 0 Å². The fourth-order valence-corrected chi connectivity index (χ4v) is 3.84. The molecule has 0 saturated carbocycles. The van der Waals surface area contributed by atoms with Crippen LogP contribution in [0.2, 0.25) is 0 Å². The first kappa shape index (κ1) is 18.3. The Morgan fingerprint density at radius 1 is 1.09 bits per heavy atom. The lowest BCUT2D eigenvalue weighted by Gasteiger charge is -2.13. The first-order chi connectivity index (χ1) is 10.9. The topological polar surface area (TPSA) is 58.2 Å². The Balaban J connectivity index is 1.65. The van der Waals surface area contributed by atoms with Crippen molar-refractivity contribution in [3.8, 4) is 0 Å². The summed E-state index contributed by atoms with van der Waals surface area (Å²) >= 11 is 0. The largest absolute Gasteiger partial charge is 0.385 e. The Morgan fingerprint density at radius 2 is 1.83 bits per heavy atom. The Labute approximate surface area is 141 Å². The van der Waals surface area contributed by atoms with E-state index in [0.717, 1.165) is 25.8 Å². The van der Waals surface area contributed by atoms with Crippen LogP contribution in [0.4, 0.5) is 5.69 Å². The molecule has 2 N–H and O–H groups in total. The predicted octanol–water partition coefficient (Wildman–Crippen LogP) is 3.39. The van der Waals surface area contributed by atoms with Gasteiger partial charge in [-0.15, -0.1) is 0 Å². The van der Waals surface area contributed by atoms with Crippen molar-refractivity contribution in [1.82, 2.24) is 4.72 Å². The lowest BCUT2D eigenvalue weighted by atomic mass is 10.0. The lowest BCUT2D eigenvalue weighted by Crippen LogP contribution is -2.31. The number of unbranched alkanes of at least 4 members (excludes halogenated alkanes) is 2. The Morgan fingerprint density at radius 3 is 2.57 bits per heavy atom. The Bertz CT molecular complexity index is 624. The molecule has 0 amide bonds. The maximum absolute atomic E-state index is 11.6. The molecule has 0 spiro atoms. The van der Waals surface area contributed by atoms with Crippen molar-refractivity contribution >= 4 is 15.7 Å². The molecule has 0 heterocycles. The molecule has 23 heavy (non-hydrogen) atoms. The fourth-order valence-electron chi connectivity index (χ4n) is 3.07. The van der Waals surface area contributed by atoms with E-state index in [1.54, 1.807) is 13.8 Å². The minimum atomic E-state index is -3.11. The van der Waals surface area contributed by atoms with Crippen LogP contribution in [0.1, 0.15) is 56.2 Å². The van der Waals surface area contributed by atoms with Crippen LogP contribution in [0.25, 0.3) is 0 Å². The van der Waals surface area contributed by atoms with Gasteiger partial charge in [0.05, 0.1) is 5.25 Å². The number of fused-ring (bicyclic) bond motifs is 1. The van der Waals surface area contributed by atoms with Gasteiger partial charge in [-0.25, -0.2) is 13.1 Å². The van der Waals surface area contributed by atoms with Gasteiger partial charge in [0, 0.05) is 18.8 Å². The molecule has 4 nitrogen and oxygen atoms in total. The summed E-state index contributed by atoms with van der Waals surface area (Å²) in [4.78, 5) is 0. The quantitative estimate of drug-likeness (QED) is 0.679. The number of aryl methyl sites for hydroxylation is 1. The van der Waals surface area contributed by atoms with Gasteiger partial charge in [-0.05, 0) is 75.6 Å². The molecule has 1 aromatic rings. The minimum absolute atomic E-state index is 0.355. The van der Waals surface area contributed by atoms with Crippen LogP contribution in [0, 0.1) is 6.92 Å². The van der Waals surface area contributed by atoms with Crippen LogP contribution in [-0.2, 0) is 22.9 Å². The summed E-state index contributed by atoms with van der Waals surface area (Å²) in [6.07, 6.45) is 6.69. The maximum atomic E-state index is 11.6. The second-order valence-electron chi connectivity index (χ2n) is 6.70. The molecule has 1 aliphatic carbocycles. The van der Waals surface area contributed by atoms with Crippen molar-refractivity contribution in [2.45, 2.75) is 64.5 Å². The van der Waals surface area contributed by atoms with Crippen molar-refractivity contribution in [1.29, 1.82) is 0 Å². The zero-order valence-corrected chi connectivity index (χ0v) is 15.4. The van der Waals surface area contributed by atoms with E-state index in [1.165, 1.54) is 41.6 Å². The molecular formula is C18H30N2O2S. The van der Waals surface area contributed by atoms with Gasteiger partial charge in [-0.2, -0.15) is 0 Å². The van der Waals surface area contributed by atoms with Crippen LogP contribution >= 0.6 is 0 Å². The highest BCUT2D eigenvalue weighted by atomic mass is 32.2. The number of rotatable bonds is 9. The van der Waals surface area contributed by atoms with Gasteiger partial charge in [0.1, 0.15) is 0 Å².